The summed E-state index contributed by atoms with van der Waals surface area (Å²) in [6.07, 6.45) is 2.06. The van der Waals surface area contributed by atoms with Crippen molar-refractivity contribution in [2.75, 3.05) is 19.5 Å². The molecule has 0 spiro atoms. The van der Waals surface area contributed by atoms with Crippen molar-refractivity contribution < 1.29 is 14.3 Å². The van der Waals surface area contributed by atoms with Crippen molar-refractivity contribution >= 4 is 11.7 Å². The number of amides is 2. The number of rotatable bonds is 4. The van der Waals surface area contributed by atoms with Gasteiger partial charge >= 0.3 is 6.03 Å². The molecule has 2 heterocycles. The highest BCUT2D eigenvalue weighted by Gasteiger charge is 2.33. The maximum absolute atomic E-state index is 13.8. The largest absolute Gasteiger partial charge is 0.493 e. The van der Waals surface area contributed by atoms with Crippen LogP contribution in [0.15, 0.2) is 85.1 Å². The molecule has 5 rings (SSSR count). The number of methoxy groups -OCH3 is 2. The number of urea groups is 1. The third-order valence-electron chi connectivity index (χ3n) is 6.22. The van der Waals surface area contributed by atoms with E-state index >= 15 is 0 Å². The van der Waals surface area contributed by atoms with Gasteiger partial charge < -0.3 is 24.3 Å². The number of ether oxygens (including phenoxy) is 2. The molecule has 1 atom stereocenters. The zero-order valence-corrected chi connectivity index (χ0v) is 19.5. The summed E-state index contributed by atoms with van der Waals surface area (Å²) < 4.78 is 12.9. The Balaban J connectivity index is 1.59. The van der Waals surface area contributed by atoms with Gasteiger partial charge in [0.1, 0.15) is 0 Å². The molecule has 0 saturated heterocycles. The number of carbonyl (C=O) groups excluding carboxylic acids is 1. The van der Waals surface area contributed by atoms with E-state index in [4.69, 9.17) is 9.47 Å². The lowest BCUT2D eigenvalue weighted by Gasteiger charge is -2.31. The second-order valence-electron chi connectivity index (χ2n) is 8.38. The highest BCUT2D eigenvalue weighted by atomic mass is 16.5. The number of benzene rings is 3. The van der Waals surface area contributed by atoms with Gasteiger partial charge in [0.2, 0.25) is 0 Å². The van der Waals surface area contributed by atoms with Gasteiger partial charge in [-0.25, -0.2) is 4.79 Å². The Morgan fingerprint density at radius 1 is 0.912 bits per heavy atom. The maximum Gasteiger partial charge on any atom is 0.322 e. The summed E-state index contributed by atoms with van der Waals surface area (Å²) in [5.74, 6) is 1.17. The monoisotopic (exact) mass is 453 g/mol. The normalized spacial score (nSPS) is 14.6. The fourth-order valence-corrected chi connectivity index (χ4v) is 4.64. The molecule has 6 nitrogen and oxygen atoms in total. The first-order valence-corrected chi connectivity index (χ1v) is 11.2. The zero-order valence-electron chi connectivity index (χ0n) is 19.5. The summed E-state index contributed by atoms with van der Waals surface area (Å²) >= 11 is 0. The molecule has 0 aliphatic carbocycles. The van der Waals surface area contributed by atoms with Crippen LogP contribution >= 0.6 is 0 Å². The summed E-state index contributed by atoms with van der Waals surface area (Å²) in [6.45, 7) is 2.54. The summed E-state index contributed by atoms with van der Waals surface area (Å²) in [7, 11) is 3.17. The number of fused-ring (bicyclic) bond motifs is 3. The zero-order chi connectivity index (χ0) is 23.7. The first kappa shape index (κ1) is 21.6. The van der Waals surface area contributed by atoms with Crippen LogP contribution < -0.4 is 14.8 Å². The Hall–Kier alpha value is -4.19. The van der Waals surface area contributed by atoms with Crippen LogP contribution in [-0.4, -0.2) is 29.7 Å². The van der Waals surface area contributed by atoms with Crippen molar-refractivity contribution in [2.24, 2.45) is 0 Å². The number of para-hydroxylation sites is 1. The molecule has 1 aromatic heterocycles. The predicted octanol–water partition coefficient (Wildman–Crippen LogP) is 5.94. The Morgan fingerprint density at radius 3 is 2.53 bits per heavy atom. The number of nitrogens with zero attached hydrogens (tertiary/aromatic N) is 2. The average molecular weight is 454 g/mol. The first-order valence-electron chi connectivity index (χ1n) is 11.2. The molecule has 3 aromatic carbocycles. The van der Waals surface area contributed by atoms with E-state index in [-0.39, 0.29) is 12.1 Å². The summed E-state index contributed by atoms with van der Waals surface area (Å²) in [5, 5.41) is 3.08. The molecule has 1 aliphatic rings. The Bertz CT molecular complexity index is 1340. The van der Waals surface area contributed by atoms with E-state index in [1.165, 1.54) is 0 Å². The number of carbonyl (C=O) groups is 1. The predicted molar refractivity (Wildman–Crippen MR) is 133 cm³/mol. The van der Waals surface area contributed by atoms with Crippen LogP contribution in [0.25, 0.3) is 5.69 Å². The van der Waals surface area contributed by atoms with E-state index in [0.29, 0.717) is 23.7 Å². The first-order chi connectivity index (χ1) is 16.6. The topological polar surface area (TPSA) is 55.7 Å². The van der Waals surface area contributed by atoms with Gasteiger partial charge in [-0.1, -0.05) is 48.0 Å². The van der Waals surface area contributed by atoms with Gasteiger partial charge in [0, 0.05) is 23.6 Å². The molecule has 172 valence electrons. The van der Waals surface area contributed by atoms with E-state index in [0.717, 1.165) is 28.1 Å². The highest BCUT2D eigenvalue weighted by Crippen LogP contribution is 2.37. The van der Waals surface area contributed by atoms with Crippen molar-refractivity contribution in [1.82, 2.24) is 9.47 Å². The molecule has 0 radical (unpaired) electrons. The number of nitrogens with one attached hydrogen (secondary N) is 1. The molecule has 1 N–H and O–H groups in total. The highest BCUT2D eigenvalue weighted by molar-refractivity contribution is 5.90. The van der Waals surface area contributed by atoms with Gasteiger partial charge in [-0.2, -0.15) is 0 Å². The molecular weight excluding hydrogens is 426 g/mol. The van der Waals surface area contributed by atoms with Crippen molar-refractivity contribution in [3.05, 3.63) is 107 Å². The third-order valence-corrected chi connectivity index (χ3v) is 6.22. The second-order valence-corrected chi connectivity index (χ2v) is 8.38. The SMILES string of the molecule is COc1ccc(NC(=O)N2Cc3ccccc3-n3cccc3[C@@H]2c2cccc(C)c2)cc1OC. The summed E-state index contributed by atoms with van der Waals surface area (Å²) in [6, 6.07) is 25.6. The number of aromatic nitrogens is 1. The third kappa shape index (κ3) is 3.88. The lowest BCUT2D eigenvalue weighted by Crippen LogP contribution is -2.38. The van der Waals surface area contributed by atoms with Gasteiger partial charge in [-0.15, -0.1) is 0 Å². The second kappa shape index (κ2) is 8.98. The Labute approximate surface area is 199 Å². The van der Waals surface area contributed by atoms with Gasteiger partial charge in [-0.05, 0) is 48.4 Å². The molecular formula is C28H27N3O3. The van der Waals surface area contributed by atoms with E-state index in [9.17, 15) is 4.79 Å². The molecule has 0 unspecified atom stereocenters. The van der Waals surface area contributed by atoms with Crippen LogP contribution in [-0.2, 0) is 6.54 Å². The number of anilines is 1. The van der Waals surface area contributed by atoms with Crippen molar-refractivity contribution in [2.45, 2.75) is 19.5 Å². The van der Waals surface area contributed by atoms with Crippen LogP contribution in [0.5, 0.6) is 11.5 Å². The van der Waals surface area contributed by atoms with E-state index < -0.39 is 0 Å². The standard InChI is InChI=1S/C28H27N3O3/c1-19-8-6-10-20(16-19)27-24-12-7-15-30(24)23-11-5-4-9-21(23)18-31(27)28(32)29-22-13-14-25(33-2)26(17-22)34-3/h4-17,27H,18H2,1-3H3,(H,29,32)/t27-/m0/s1. The van der Waals surface area contributed by atoms with Gasteiger partial charge in [0.15, 0.2) is 11.5 Å². The van der Waals surface area contributed by atoms with E-state index in [2.05, 4.69) is 59.4 Å². The van der Waals surface area contributed by atoms with E-state index in [1.54, 1.807) is 26.4 Å². The summed E-state index contributed by atoms with van der Waals surface area (Å²) in [4.78, 5) is 15.7. The van der Waals surface area contributed by atoms with Crippen LogP contribution in [0.4, 0.5) is 10.5 Å². The fourth-order valence-electron chi connectivity index (χ4n) is 4.64. The van der Waals surface area contributed by atoms with Crippen molar-refractivity contribution in [3.8, 4) is 17.2 Å². The lowest BCUT2D eigenvalue weighted by atomic mass is 10.00. The molecule has 0 bridgehead atoms. The lowest BCUT2D eigenvalue weighted by molar-refractivity contribution is 0.194. The van der Waals surface area contributed by atoms with Crippen LogP contribution in [0.3, 0.4) is 0 Å². The smallest absolute Gasteiger partial charge is 0.322 e. The quantitative estimate of drug-likeness (QED) is 0.416. The molecule has 2 amide bonds. The summed E-state index contributed by atoms with van der Waals surface area (Å²) in [5.41, 5.74) is 6.06. The van der Waals surface area contributed by atoms with Crippen molar-refractivity contribution in [3.63, 3.8) is 0 Å². The fraction of sp³-hybridized carbons (Fsp3) is 0.179. The van der Waals surface area contributed by atoms with Gasteiger partial charge in [-0.3, -0.25) is 0 Å². The molecule has 6 heteroatoms. The molecule has 4 aromatic rings. The average Bonchev–Trinajstić information content (AvgIpc) is 3.28. The minimum absolute atomic E-state index is 0.192. The van der Waals surface area contributed by atoms with Crippen LogP contribution in [0.1, 0.15) is 28.4 Å². The van der Waals surface area contributed by atoms with Crippen LogP contribution in [0, 0.1) is 6.92 Å². The molecule has 0 saturated carbocycles. The minimum Gasteiger partial charge on any atom is -0.493 e. The Kier molecular flexibility index (Phi) is 5.72. The van der Waals surface area contributed by atoms with Gasteiger partial charge in [0.05, 0.1) is 32.5 Å². The molecule has 0 fully saturated rings. The number of aryl methyl sites for hydroxylation is 1. The van der Waals surface area contributed by atoms with Crippen LogP contribution in [0.2, 0.25) is 0 Å². The Morgan fingerprint density at radius 2 is 1.74 bits per heavy atom. The van der Waals surface area contributed by atoms with Crippen molar-refractivity contribution in [1.29, 1.82) is 0 Å². The maximum atomic E-state index is 13.8. The number of hydrogen-bond donors (Lipinski definition) is 1. The molecule has 34 heavy (non-hydrogen) atoms. The van der Waals surface area contributed by atoms with E-state index in [1.807, 2.05) is 35.2 Å². The van der Waals surface area contributed by atoms with Gasteiger partial charge in [0.25, 0.3) is 0 Å². The molecule has 1 aliphatic heterocycles. The minimum atomic E-state index is -0.262. The number of hydrogen-bond acceptors (Lipinski definition) is 3.